The predicted molar refractivity (Wildman–Crippen MR) is 332 cm³/mol. The Kier molecular flexibility index (Phi) is 9.75. The van der Waals surface area contributed by atoms with Gasteiger partial charge in [0, 0.05) is 49.6 Å². The second-order valence-corrected chi connectivity index (χ2v) is 26.0. The fourth-order valence-corrected chi connectivity index (χ4v) is 13.7. The molecule has 0 spiro atoms. The third-order valence-electron chi connectivity index (χ3n) is 18.1. The van der Waals surface area contributed by atoms with Crippen LogP contribution < -0.4 is 25.9 Å². The van der Waals surface area contributed by atoms with Gasteiger partial charge < -0.3 is 23.9 Å². The van der Waals surface area contributed by atoms with Crippen LogP contribution in [0.25, 0.3) is 82.1 Å². The Morgan fingerprint density at radius 2 is 1.04 bits per heavy atom. The summed E-state index contributed by atoms with van der Waals surface area (Å²) in [6.07, 6.45) is 2.28. The first-order valence-corrected chi connectivity index (χ1v) is 28.1. The molecular weight excluding hydrogens is 950 g/mol. The van der Waals surface area contributed by atoms with Crippen molar-refractivity contribution in [3.05, 3.63) is 192 Å². The van der Waals surface area contributed by atoms with Crippen LogP contribution in [-0.4, -0.2) is 11.8 Å². The average molecular weight is 1010 g/mol. The number of furan rings is 1. The van der Waals surface area contributed by atoms with Crippen LogP contribution >= 0.6 is 0 Å². The first-order chi connectivity index (χ1) is 37.4. The molecule has 78 heavy (non-hydrogen) atoms. The first-order valence-electron chi connectivity index (χ1n) is 28.1. The molecule has 0 fully saturated rings. The topological polar surface area (TPSA) is 42.6 Å². The fraction of sp³-hybridized carbons (Fsp3) is 0.222. The molecule has 0 amide bonds. The van der Waals surface area contributed by atoms with E-state index in [1.807, 2.05) is 0 Å². The van der Waals surface area contributed by atoms with Crippen LogP contribution in [0, 0.1) is 0 Å². The van der Waals surface area contributed by atoms with Gasteiger partial charge in [0.15, 0.2) is 18.8 Å². The van der Waals surface area contributed by atoms with E-state index in [0.29, 0.717) is 0 Å². The fourth-order valence-electron chi connectivity index (χ4n) is 13.7. The van der Waals surface area contributed by atoms with Crippen molar-refractivity contribution in [2.45, 2.75) is 104 Å². The van der Waals surface area contributed by atoms with E-state index in [-0.39, 0.29) is 21.7 Å². The molecule has 4 heterocycles. The van der Waals surface area contributed by atoms with Gasteiger partial charge in [-0.25, -0.2) is 0 Å². The van der Waals surface area contributed by atoms with E-state index in [1.54, 1.807) is 0 Å². The standard InChI is InChI=1S/C72H64BN3O2/c1-69(2,3)41-27-30-43(31-28-41)74-55-37-50-49-36-52-53(72(9,10)34-33-71(52,7)8)40-63(49)78-62(50)39-48(55)51-38-59(75-57-23-15-17-25-60(57)77-61-26-18-16-24-58(61)75)65-64-46-21-13-11-19-44(46)45-20-12-14-22-47(45)67(64)76-56-32-29-42(70(4,5)6)35-54(56)73-66(51)68(65)76/h11-32,35-40,73-74H,33-34H2,1-10H3. The third kappa shape index (κ3) is 6.87. The Morgan fingerprint density at radius 3 is 1.71 bits per heavy atom. The number of hydrogen-bond donors (Lipinski definition) is 1. The molecule has 3 aliphatic rings. The molecule has 2 aromatic heterocycles. The van der Waals surface area contributed by atoms with Crippen molar-refractivity contribution in [3.63, 3.8) is 0 Å². The minimum Gasteiger partial charge on any atom is -0.456 e. The maximum atomic E-state index is 7.23. The Bertz CT molecular complexity index is 4510. The summed E-state index contributed by atoms with van der Waals surface area (Å²) in [6, 6.07) is 63.6. The van der Waals surface area contributed by atoms with Gasteiger partial charge >= 0.3 is 0 Å². The quantitative estimate of drug-likeness (QED) is 0.141. The van der Waals surface area contributed by atoms with Crippen molar-refractivity contribution in [2.24, 2.45) is 0 Å². The monoisotopic (exact) mass is 1010 g/mol. The SMILES string of the molecule is CC(C)(C)c1ccc(Nc2cc3c(cc2-c2cc(N4c5ccccc5Oc5ccccc54)c4c5c6ccccc6c6ccccc6c5n5c4c2Bc2cc(C(C)(C)C)ccc2-5)oc2cc4c(cc23)C(C)(C)CCC4(C)C)cc1. The zero-order valence-corrected chi connectivity index (χ0v) is 46.5. The van der Waals surface area contributed by atoms with Gasteiger partial charge in [0.25, 0.3) is 0 Å². The number of anilines is 5. The molecule has 0 saturated carbocycles. The molecule has 0 bridgehead atoms. The van der Waals surface area contributed by atoms with Crippen molar-refractivity contribution < 1.29 is 9.15 Å². The number of rotatable bonds is 4. The zero-order chi connectivity index (χ0) is 53.4. The van der Waals surface area contributed by atoms with Crippen molar-refractivity contribution in [1.82, 2.24) is 4.57 Å². The van der Waals surface area contributed by atoms with Crippen molar-refractivity contribution in [3.8, 4) is 28.3 Å². The van der Waals surface area contributed by atoms with Gasteiger partial charge in [-0.05, 0) is 157 Å². The molecule has 2 aliphatic heterocycles. The van der Waals surface area contributed by atoms with E-state index in [4.69, 9.17) is 9.15 Å². The van der Waals surface area contributed by atoms with Crippen LogP contribution in [0.15, 0.2) is 174 Å². The Balaban J connectivity index is 1.13. The summed E-state index contributed by atoms with van der Waals surface area (Å²) >= 11 is 0. The van der Waals surface area contributed by atoms with Crippen LogP contribution in [0.3, 0.4) is 0 Å². The summed E-state index contributed by atoms with van der Waals surface area (Å²) in [5.74, 6) is 1.64. The van der Waals surface area contributed by atoms with E-state index in [9.17, 15) is 0 Å². The Hall–Kier alpha value is -8.22. The van der Waals surface area contributed by atoms with Gasteiger partial charge in [-0.2, -0.15) is 0 Å². The summed E-state index contributed by atoms with van der Waals surface area (Å²) in [4.78, 5) is 2.48. The molecule has 1 aliphatic carbocycles. The largest absolute Gasteiger partial charge is 0.456 e. The molecule has 1 N–H and O–H groups in total. The average Bonchev–Trinajstić information content (AvgIpc) is 3.48. The molecule has 5 nitrogen and oxygen atoms in total. The summed E-state index contributed by atoms with van der Waals surface area (Å²) in [5.41, 5.74) is 21.0. The number of aromatic nitrogens is 1. The second kappa shape index (κ2) is 16.2. The highest BCUT2D eigenvalue weighted by Gasteiger charge is 2.39. The zero-order valence-electron chi connectivity index (χ0n) is 46.5. The molecule has 6 heteroatoms. The van der Waals surface area contributed by atoms with Gasteiger partial charge in [0.1, 0.15) is 11.2 Å². The number of nitrogens with zero attached hydrogens (tertiary/aromatic N) is 2. The number of nitrogens with one attached hydrogen (secondary N) is 1. The van der Waals surface area contributed by atoms with Crippen molar-refractivity contribution in [2.75, 3.05) is 10.2 Å². The van der Waals surface area contributed by atoms with E-state index < -0.39 is 0 Å². The maximum Gasteiger partial charge on any atom is 0.198 e. The third-order valence-corrected chi connectivity index (χ3v) is 18.1. The summed E-state index contributed by atoms with van der Waals surface area (Å²) in [7, 11) is 0.739. The van der Waals surface area contributed by atoms with E-state index >= 15 is 0 Å². The number of ether oxygens (including phenoxy) is 1. The highest BCUT2D eigenvalue weighted by molar-refractivity contribution is 6.74. The Morgan fingerprint density at radius 1 is 0.474 bits per heavy atom. The highest BCUT2D eigenvalue weighted by Crippen LogP contribution is 2.56. The van der Waals surface area contributed by atoms with E-state index in [1.165, 1.54) is 82.2 Å². The highest BCUT2D eigenvalue weighted by atomic mass is 16.5. The lowest BCUT2D eigenvalue weighted by molar-refractivity contribution is 0.332. The molecule has 12 aromatic rings. The normalized spacial score (nSPS) is 15.3. The Labute approximate surface area is 457 Å². The van der Waals surface area contributed by atoms with Crippen LogP contribution in [-0.2, 0) is 21.7 Å². The molecule has 0 atom stereocenters. The molecule has 382 valence electrons. The van der Waals surface area contributed by atoms with E-state index in [0.717, 1.165) is 93.1 Å². The smallest absolute Gasteiger partial charge is 0.198 e. The second-order valence-electron chi connectivity index (χ2n) is 26.0. The van der Waals surface area contributed by atoms with Crippen LogP contribution in [0.4, 0.5) is 28.4 Å². The van der Waals surface area contributed by atoms with E-state index in [2.05, 4.69) is 254 Å². The lowest BCUT2D eigenvalue weighted by Crippen LogP contribution is -2.38. The molecule has 0 radical (unpaired) electrons. The van der Waals surface area contributed by atoms with Crippen LogP contribution in [0.1, 0.15) is 104 Å². The first kappa shape index (κ1) is 47.0. The van der Waals surface area contributed by atoms with Gasteiger partial charge in [0.05, 0.1) is 28.1 Å². The summed E-state index contributed by atoms with van der Waals surface area (Å²) in [6.45, 7) is 23.5. The van der Waals surface area contributed by atoms with Crippen molar-refractivity contribution >= 4 is 112 Å². The molecule has 10 aromatic carbocycles. The predicted octanol–water partition coefficient (Wildman–Crippen LogP) is 18.6. The number of fused-ring (bicyclic) bond motifs is 16. The minimum absolute atomic E-state index is 0.0171. The number of benzene rings is 10. The molecule has 0 saturated heterocycles. The van der Waals surface area contributed by atoms with Crippen LogP contribution in [0.2, 0.25) is 0 Å². The lowest BCUT2D eigenvalue weighted by atomic mass is 9.58. The maximum absolute atomic E-state index is 7.23. The van der Waals surface area contributed by atoms with Gasteiger partial charge in [-0.3, -0.25) is 0 Å². The summed E-state index contributed by atoms with van der Waals surface area (Å²) < 4.78 is 16.7. The summed E-state index contributed by atoms with van der Waals surface area (Å²) in [5, 5.41) is 13.8. The molecular formula is C72H64BN3O2. The lowest BCUT2D eigenvalue weighted by Gasteiger charge is -2.41. The molecule has 0 unspecified atom stereocenters. The van der Waals surface area contributed by atoms with Gasteiger partial charge in [0.2, 0.25) is 0 Å². The minimum atomic E-state index is -0.0499. The molecule has 15 rings (SSSR count). The van der Waals surface area contributed by atoms with Gasteiger partial charge in [-0.15, -0.1) is 0 Å². The number of hydrogen-bond acceptors (Lipinski definition) is 4. The number of para-hydroxylation sites is 4. The van der Waals surface area contributed by atoms with Gasteiger partial charge in [-0.1, -0.05) is 172 Å². The van der Waals surface area contributed by atoms with Crippen molar-refractivity contribution in [1.29, 1.82) is 0 Å². The van der Waals surface area contributed by atoms with Crippen LogP contribution in [0.5, 0.6) is 11.5 Å².